The predicted molar refractivity (Wildman–Crippen MR) is 46.0 cm³/mol. The maximum absolute atomic E-state index is 10.9. The molecule has 0 aliphatic heterocycles. The molecule has 0 spiro atoms. The summed E-state index contributed by atoms with van der Waals surface area (Å²) in [7, 11) is 0. The van der Waals surface area contributed by atoms with Crippen molar-refractivity contribution < 1.29 is 9.59 Å². The molecule has 0 saturated heterocycles. The summed E-state index contributed by atoms with van der Waals surface area (Å²) in [5.41, 5.74) is 5.94. The number of hydrogen-bond acceptors (Lipinski definition) is 2. The highest BCUT2D eigenvalue weighted by Crippen LogP contribution is 1.98. The van der Waals surface area contributed by atoms with E-state index in [4.69, 9.17) is 5.73 Å². The van der Waals surface area contributed by atoms with E-state index in [9.17, 15) is 9.59 Å². The quantitative estimate of drug-likeness (QED) is 0.597. The van der Waals surface area contributed by atoms with Crippen molar-refractivity contribution in [2.45, 2.75) is 27.2 Å². The molecule has 0 bridgehead atoms. The molecule has 0 aromatic rings. The number of nitrogens with one attached hydrogen (secondary N) is 1. The maximum atomic E-state index is 10.9. The number of rotatable bonds is 3. The highest BCUT2D eigenvalue weighted by Gasteiger charge is 2.08. The number of amides is 2. The third-order valence-electron chi connectivity index (χ3n) is 1.33. The Hall–Kier alpha value is -1.32. The Kier molecular flexibility index (Phi) is 4.04. The minimum Gasteiger partial charge on any atom is -0.364 e. The molecule has 0 atom stereocenters. The van der Waals surface area contributed by atoms with Crippen LogP contribution in [0.3, 0.4) is 0 Å². The normalized spacial score (nSPS) is 8.92. The Morgan fingerprint density at radius 1 is 1.33 bits per heavy atom. The van der Waals surface area contributed by atoms with Crippen LogP contribution >= 0.6 is 0 Å². The number of allylic oxidation sites excluding steroid dienone is 1. The summed E-state index contributed by atoms with van der Waals surface area (Å²) in [6.45, 7) is 5.14. The topological polar surface area (TPSA) is 72.2 Å². The second kappa shape index (κ2) is 4.54. The summed E-state index contributed by atoms with van der Waals surface area (Å²) in [6, 6.07) is 0. The van der Waals surface area contributed by atoms with Gasteiger partial charge in [-0.15, -0.1) is 0 Å². The van der Waals surface area contributed by atoms with Gasteiger partial charge in [0.15, 0.2) is 0 Å². The van der Waals surface area contributed by atoms with Crippen LogP contribution in [0.1, 0.15) is 27.2 Å². The summed E-state index contributed by atoms with van der Waals surface area (Å²) >= 11 is 0. The minimum absolute atomic E-state index is 0.196. The molecule has 0 aromatic carbocycles. The average Bonchev–Trinajstić information content (AvgIpc) is 1.98. The van der Waals surface area contributed by atoms with Gasteiger partial charge < -0.3 is 11.1 Å². The van der Waals surface area contributed by atoms with Gasteiger partial charge in [-0.3, -0.25) is 9.59 Å². The van der Waals surface area contributed by atoms with Crippen LogP contribution in [0.2, 0.25) is 0 Å². The van der Waals surface area contributed by atoms with E-state index in [0.29, 0.717) is 12.0 Å². The van der Waals surface area contributed by atoms with Gasteiger partial charge in [0.05, 0.1) is 0 Å². The SMILES string of the molecule is CCC(=O)NC(C(N)=O)=C(C)C. The van der Waals surface area contributed by atoms with E-state index in [0.717, 1.165) is 0 Å². The second-order valence-electron chi connectivity index (χ2n) is 2.64. The molecule has 0 heterocycles. The summed E-state index contributed by atoms with van der Waals surface area (Å²) in [6.07, 6.45) is 0.337. The zero-order chi connectivity index (χ0) is 9.72. The van der Waals surface area contributed by atoms with E-state index in [1.54, 1.807) is 20.8 Å². The first-order valence-corrected chi connectivity index (χ1v) is 3.76. The molecule has 0 rings (SSSR count). The van der Waals surface area contributed by atoms with Crippen LogP contribution in [0.5, 0.6) is 0 Å². The van der Waals surface area contributed by atoms with E-state index in [1.807, 2.05) is 0 Å². The lowest BCUT2D eigenvalue weighted by molar-refractivity contribution is -0.122. The van der Waals surface area contributed by atoms with Crippen molar-refractivity contribution in [3.63, 3.8) is 0 Å². The van der Waals surface area contributed by atoms with Crippen molar-refractivity contribution >= 4 is 11.8 Å². The molecule has 0 aromatic heterocycles. The van der Waals surface area contributed by atoms with Crippen molar-refractivity contribution in [1.29, 1.82) is 0 Å². The molecule has 4 heteroatoms. The van der Waals surface area contributed by atoms with Gasteiger partial charge >= 0.3 is 0 Å². The second-order valence-corrected chi connectivity index (χ2v) is 2.64. The maximum Gasteiger partial charge on any atom is 0.265 e. The van der Waals surface area contributed by atoms with Crippen LogP contribution in [0.4, 0.5) is 0 Å². The van der Waals surface area contributed by atoms with Crippen LogP contribution in [0, 0.1) is 0 Å². The van der Waals surface area contributed by atoms with Gasteiger partial charge in [0.1, 0.15) is 5.70 Å². The lowest BCUT2D eigenvalue weighted by atomic mass is 10.2. The Morgan fingerprint density at radius 3 is 2.08 bits per heavy atom. The van der Waals surface area contributed by atoms with E-state index < -0.39 is 5.91 Å². The predicted octanol–water partition coefficient (Wildman–Crippen LogP) is 0.292. The van der Waals surface area contributed by atoms with E-state index in [2.05, 4.69) is 5.32 Å². The Morgan fingerprint density at radius 2 is 1.83 bits per heavy atom. The highest BCUT2D eigenvalue weighted by atomic mass is 16.2. The smallest absolute Gasteiger partial charge is 0.265 e. The summed E-state index contributed by atoms with van der Waals surface area (Å²) < 4.78 is 0. The van der Waals surface area contributed by atoms with Crippen molar-refractivity contribution in [1.82, 2.24) is 5.32 Å². The van der Waals surface area contributed by atoms with Gasteiger partial charge in [0.25, 0.3) is 5.91 Å². The molecule has 0 aliphatic carbocycles. The molecule has 3 N–H and O–H groups in total. The van der Waals surface area contributed by atoms with Crippen LogP contribution in [0.25, 0.3) is 0 Å². The molecule has 68 valence electrons. The lowest BCUT2D eigenvalue weighted by Gasteiger charge is -2.06. The summed E-state index contributed by atoms with van der Waals surface area (Å²) in [5.74, 6) is -0.804. The Labute approximate surface area is 71.8 Å². The molecular weight excluding hydrogens is 156 g/mol. The number of carbonyl (C=O) groups excluding carboxylic acids is 2. The lowest BCUT2D eigenvalue weighted by Crippen LogP contribution is -2.31. The number of nitrogens with two attached hydrogens (primary N) is 1. The van der Waals surface area contributed by atoms with E-state index in [-0.39, 0.29) is 11.6 Å². The average molecular weight is 170 g/mol. The first-order valence-electron chi connectivity index (χ1n) is 3.76. The first-order chi connectivity index (χ1) is 5.49. The van der Waals surface area contributed by atoms with Crippen LogP contribution < -0.4 is 11.1 Å². The van der Waals surface area contributed by atoms with Gasteiger partial charge in [-0.25, -0.2) is 0 Å². The van der Waals surface area contributed by atoms with Gasteiger partial charge in [-0.2, -0.15) is 0 Å². The van der Waals surface area contributed by atoms with Gasteiger partial charge in [-0.05, 0) is 19.4 Å². The van der Waals surface area contributed by atoms with Crippen LogP contribution in [0.15, 0.2) is 11.3 Å². The molecule has 12 heavy (non-hydrogen) atoms. The zero-order valence-electron chi connectivity index (χ0n) is 7.60. The number of carbonyl (C=O) groups is 2. The Bertz CT molecular complexity index is 227. The molecule has 0 unspecified atom stereocenters. The molecule has 0 fully saturated rings. The largest absolute Gasteiger partial charge is 0.364 e. The third kappa shape index (κ3) is 3.18. The van der Waals surface area contributed by atoms with Crippen molar-refractivity contribution in [2.75, 3.05) is 0 Å². The first kappa shape index (κ1) is 10.7. The molecule has 0 saturated carbocycles. The minimum atomic E-state index is -0.600. The summed E-state index contributed by atoms with van der Waals surface area (Å²) in [4.78, 5) is 21.6. The summed E-state index contributed by atoms with van der Waals surface area (Å²) in [5, 5.41) is 2.43. The van der Waals surface area contributed by atoms with Gasteiger partial charge in [-0.1, -0.05) is 6.92 Å². The molecule has 0 radical (unpaired) electrons. The van der Waals surface area contributed by atoms with Crippen LogP contribution in [-0.2, 0) is 9.59 Å². The van der Waals surface area contributed by atoms with Gasteiger partial charge in [0.2, 0.25) is 5.91 Å². The fourth-order valence-electron chi connectivity index (χ4n) is 0.661. The Balaban J connectivity index is 4.48. The van der Waals surface area contributed by atoms with Gasteiger partial charge in [0, 0.05) is 6.42 Å². The number of hydrogen-bond donors (Lipinski definition) is 2. The molecule has 0 aliphatic rings. The molecule has 2 amide bonds. The van der Waals surface area contributed by atoms with Crippen molar-refractivity contribution in [3.8, 4) is 0 Å². The van der Waals surface area contributed by atoms with E-state index >= 15 is 0 Å². The zero-order valence-corrected chi connectivity index (χ0v) is 7.60. The fourth-order valence-corrected chi connectivity index (χ4v) is 0.661. The molecular formula is C8H14N2O2. The monoisotopic (exact) mass is 170 g/mol. The van der Waals surface area contributed by atoms with Crippen molar-refractivity contribution in [3.05, 3.63) is 11.3 Å². The molecule has 4 nitrogen and oxygen atoms in total. The highest BCUT2D eigenvalue weighted by molar-refractivity contribution is 5.96. The standard InChI is InChI=1S/C8H14N2O2/c1-4-6(11)10-7(5(2)3)8(9)12/h4H2,1-3H3,(H2,9,12)(H,10,11). The third-order valence-corrected chi connectivity index (χ3v) is 1.33. The van der Waals surface area contributed by atoms with E-state index in [1.165, 1.54) is 0 Å². The number of primary amides is 1. The fraction of sp³-hybridized carbons (Fsp3) is 0.500. The van der Waals surface area contributed by atoms with Crippen molar-refractivity contribution in [2.24, 2.45) is 5.73 Å². The van der Waals surface area contributed by atoms with Crippen LogP contribution in [-0.4, -0.2) is 11.8 Å².